The number of rotatable bonds is 20. The lowest BCUT2D eigenvalue weighted by Crippen LogP contribution is -2.30. The topological polar surface area (TPSA) is 9.23 Å². The Morgan fingerprint density at radius 1 is 0.640 bits per heavy atom. The van der Waals surface area contributed by atoms with Crippen LogP contribution in [-0.2, 0) is 4.43 Å². The van der Waals surface area contributed by atoms with Crippen LogP contribution in [0.4, 0.5) is 0 Å². The molecule has 0 N–H and O–H groups in total. The van der Waals surface area contributed by atoms with Gasteiger partial charge in [0.05, 0.1) is 6.61 Å². The summed E-state index contributed by atoms with van der Waals surface area (Å²) in [6, 6.07) is 1.30. The van der Waals surface area contributed by atoms with E-state index in [2.05, 4.69) is 26.6 Å². The maximum atomic E-state index is 5.92. The van der Waals surface area contributed by atoms with E-state index in [4.69, 9.17) is 4.43 Å². The molecule has 0 radical (unpaired) electrons. The van der Waals surface area contributed by atoms with Crippen LogP contribution >= 0.6 is 0 Å². The van der Waals surface area contributed by atoms with Crippen molar-refractivity contribution in [1.82, 2.24) is 0 Å². The molecule has 0 saturated heterocycles. The van der Waals surface area contributed by atoms with Gasteiger partial charge in [-0.3, -0.25) is 0 Å². The highest BCUT2D eigenvalue weighted by Gasteiger charge is 2.20. The zero-order valence-corrected chi connectivity index (χ0v) is 18.9. The van der Waals surface area contributed by atoms with Gasteiger partial charge in [-0.25, -0.2) is 0 Å². The summed E-state index contributed by atoms with van der Waals surface area (Å²) >= 11 is 0. The molecule has 0 aromatic carbocycles. The third-order valence-corrected chi connectivity index (χ3v) is 7.73. The minimum atomic E-state index is -1.40. The molecule has 0 aliphatic carbocycles. The summed E-state index contributed by atoms with van der Waals surface area (Å²) in [5.74, 6) is 0. The van der Waals surface area contributed by atoms with Crippen molar-refractivity contribution in [3.8, 4) is 0 Å². The molecule has 0 aliphatic heterocycles. The molecular weight excluding hydrogens is 320 g/mol. The monoisotopic (exact) mass is 368 g/mol. The molecule has 0 saturated carbocycles. The maximum Gasteiger partial charge on any atom is 0.187 e. The van der Waals surface area contributed by atoms with Crippen LogP contribution in [0.1, 0.15) is 110 Å². The Kier molecular flexibility index (Phi) is 18.6. The Balaban J connectivity index is 3.15. The largest absolute Gasteiger partial charge is 0.414 e. The highest BCUT2D eigenvalue weighted by molar-refractivity contribution is 6.71. The zero-order valence-electron chi connectivity index (χ0n) is 17.9. The number of hydrogen-bond acceptors (Lipinski definition) is 1. The van der Waals surface area contributed by atoms with E-state index in [1.807, 2.05) is 6.08 Å². The van der Waals surface area contributed by atoms with Crippen LogP contribution in [0.5, 0.6) is 0 Å². The second kappa shape index (κ2) is 18.7. The molecule has 2 heteroatoms. The fourth-order valence-corrected chi connectivity index (χ4v) is 5.27. The molecule has 0 aliphatic rings. The molecule has 0 atom stereocenters. The quantitative estimate of drug-likeness (QED) is 0.119. The van der Waals surface area contributed by atoms with Gasteiger partial charge in [-0.2, -0.15) is 0 Å². The molecule has 25 heavy (non-hydrogen) atoms. The lowest BCUT2D eigenvalue weighted by atomic mass is 10.0. The van der Waals surface area contributed by atoms with Crippen molar-refractivity contribution in [3.63, 3.8) is 0 Å². The van der Waals surface area contributed by atoms with Crippen LogP contribution in [-0.4, -0.2) is 14.9 Å². The third kappa shape index (κ3) is 20.1. The van der Waals surface area contributed by atoms with Crippen LogP contribution in [0.3, 0.4) is 0 Å². The Bertz CT molecular complexity index is 275. The van der Waals surface area contributed by atoms with Crippen molar-refractivity contribution in [2.45, 2.75) is 129 Å². The van der Waals surface area contributed by atoms with E-state index in [-0.39, 0.29) is 0 Å². The predicted molar refractivity (Wildman–Crippen MR) is 118 cm³/mol. The third-order valence-electron chi connectivity index (χ3n) is 5.22. The standard InChI is InChI=1S/C23H48OSi/c1-5-7-8-9-10-11-12-13-14-15-16-17-18-19-20-21-23-25(3,4)24-22-6-2/h6H,2,5,7-23H2,1,3-4H3. The minimum Gasteiger partial charge on any atom is -0.414 e. The van der Waals surface area contributed by atoms with Gasteiger partial charge in [0.25, 0.3) is 0 Å². The summed E-state index contributed by atoms with van der Waals surface area (Å²) in [7, 11) is -1.40. The van der Waals surface area contributed by atoms with Gasteiger partial charge in [0.1, 0.15) is 0 Å². The molecule has 0 spiro atoms. The van der Waals surface area contributed by atoms with Crippen LogP contribution < -0.4 is 0 Å². The Hall–Kier alpha value is -0.0831. The van der Waals surface area contributed by atoms with Gasteiger partial charge in [0.15, 0.2) is 8.32 Å². The van der Waals surface area contributed by atoms with Gasteiger partial charge in [-0.15, -0.1) is 6.58 Å². The van der Waals surface area contributed by atoms with Gasteiger partial charge in [-0.1, -0.05) is 116 Å². The van der Waals surface area contributed by atoms with Crippen LogP contribution in [0.15, 0.2) is 12.7 Å². The minimum absolute atomic E-state index is 0.734. The summed E-state index contributed by atoms with van der Waals surface area (Å²) in [5.41, 5.74) is 0. The first-order chi connectivity index (χ1) is 12.1. The summed E-state index contributed by atoms with van der Waals surface area (Å²) in [4.78, 5) is 0. The van der Waals surface area contributed by atoms with Crippen molar-refractivity contribution in [2.24, 2.45) is 0 Å². The van der Waals surface area contributed by atoms with E-state index in [9.17, 15) is 0 Å². The number of hydrogen-bond donors (Lipinski definition) is 0. The van der Waals surface area contributed by atoms with Gasteiger partial charge in [0, 0.05) is 0 Å². The zero-order chi connectivity index (χ0) is 18.6. The van der Waals surface area contributed by atoms with E-state index in [0.717, 1.165) is 6.61 Å². The van der Waals surface area contributed by atoms with Gasteiger partial charge in [-0.05, 0) is 19.1 Å². The fourth-order valence-electron chi connectivity index (χ4n) is 3.46. The van der Waals surface area contributed by atoms with E-state index in [1.165, 1.54) is 109 Å². The van der Waals surface area contributed by atoms with E-state index < -0.39 is 8.32 Å². The van der Waals surface area contributed by atoms with E-state index in [1.54, 1.807) is 0 Å². The first-order valence-electron chi connectivity index (χ1n) is 11.4. The van der Waals surface area contributed by atoms with Crippen LogP contribution in [0.2, 0.25) is 19.1 Å². The number of unbranched alkanes of at least 4 members (excludes halogenated alkanes) is 15. The molecule has 0 amide bonds. The lowest BCUT2D eigenvalue weighted by molar-refractivity contribution is 0.350. The average Bonchev–Trinajstić information content (AvgIpc) is 2.59. The van der Waals surface area contributed by atoms with Gasteiger partial charge < -0.3 is 4.43 Å². The first kappa shape index (κ1) is 24.9. The first-order valence-corrected chi connectivity index (χ1v) is 14.5. The van der Waals surface area contributed by atoms with Crippen molar-refractivity contribution < 1.29 is 4.43 Å². The maximum absolute atomic E-state index is 5.92. The van der Waals surface area contributed by atoms with E-state index >= 15 is 0 Å². The normalized spacial score (nSPS) is 11.8. The Morgan fingerprint density at radius 3 is 1.36 bits per heavy atom. The highest BCUT2D eigenvalue weighted by atomic mass is 28.4. The second-order valence-corrected chi connectivity index (χ2v) is 12.7. The molecule has 0 bridgehead atoms. The average molecular weight is 369 g/mol. The molecule has 0 aromatic heterocycles. The highest BCUT2D eigenvalue weighted by Crippen LogP contribution is 2.18. The van der Waals surface area contributed by atoms with Crippen molar-refractivity contribution >= 4 is 8.32 Å². The molecule has 0 unspecified atom stereocenters. The molecule has 0 rings (SSSR count). The lowest BCUT2D eigenvalue weighted by Gasteiger charge is -2.21. The Morgan fingerprint density at radius 2 is 1.00 bits per heavy atom. The van der Waals surface area contributed by atoms with Crippen molar-refractivity contribution in [3.05, 3.63) is 12.7 Å². The van der Waals surface area contributed by atoms with Crippen molar-refractivity contribution in [1.29, 1.82) is 0 Å². The van der Waals surface area contributed by atoms with Crippen LogP contribution in [0, 0.1) is 0 Å². The predicted octanol–water partition coefficient (Wildman–Crippen LogP) is 8.66. The molecule has 1 nitrogen and oxygen atoms in total. The van der Waals surface area contributed by atoms with Gasteiger partial charge in [0.2, 0.25) is 0 Å². The summed E-state index contributed by atoms with van der Waals surface area (Å²) < 4.78 is 5.92. The fraction of sp³-hybridized carbons (Fsp3) is 0.913. The molecular formula is C23H48OSi. The van der Waals surface area contributed by atoms with Gasteiger partial charge >= 0.3 is 0 Å². The molecule has 0 fully saturated rings. The SMILES string of the molecule is C=CCO[Si](C)(C)CCCCCCCCCCCCCCCCCC. The summed E-state index contributed by atoms with van der Waals surface area (Å²) in [6.07, 6.45) is 24.9. The smallest absolute Gasteiger partial charge is 0.187 e. The molecule has 0 aromatic rings. The van der Waals surface area contributed by atoms with Crippen LogP contribution in [0.25, 0.3) is 0 Å². The van der Waals surface area contributed by atoms with E-state index in [0.29, 0.717) is 0 Å². The summed E-state index contributed by atoms with van der Waals surface area (Å²) in [5, 5.41) is 0. The summed E-state index contributed by atoms with van der Waals surface area (Å²) in [6.45, 7) is 11.4. The Labute approximate surface area is 161 Å². The molecule has 0 heterocycles. The molecule has 150 valence electrons. The second-order valence-electron chi connectivity index (χ2n) is 8.41. The van der Waals surface area contributed by atoms with Crippen molar-refractivity contribution in [2.75, 3.05) is 6.61 Å².